The zero-order valence-corrected chi connectivity index (χ0v) is 8.82. The summed E-state index contributed by atoms with van der Waals surface area (Å²) in [5.74, 6) is 0.649. The predicted octanol–water partition coefficient (Wildman–Crippen LogP) is 0.0541. The van der Waals surface area contributed by atoms with Crippen LogP contribution in [0.3, 0.4) is 0 Å². The molecule has 0 spiro atoms. The van der Waals surface area contributed by atoms with E-state index in [1.807, 2.05) is 6.92 Å². The lowest BCUT2D eigenvalue weighted by Gasteiger charge is -2.20. The van der Waals surface area contributed by atoms with Gasteiger partial charge in [0, 0.05) is 7.05 Å². The highest BCUT2D eigenvalue weighted by Crippen LogP contribution is 2.09. The van der Waals surface area contributed by atoms with E-state index in [9.17, 15) is 4.79 Å². The maximum atomic E-state index is 11.7. The van der Waals surface area contributed by atoms with Crippen LogP contribution < -0.4 is 5.73 Å². The Balaban J connectivity index is 2.71. The van der Waals surface area contributed by atoms with Gasteiger partial charge in [-0.25, -0.2) is 4.98 Å². The Bertz CT molecular complexity index is 329. The van der Waals surface area contributed by atoms with Crippen molar-refractivity contribution in [1.82, 2.24) is 14.8 Å². The third-order valence-electron chi connectivity index (χ3n) is 2.50. The molecule has 0 saturated carbocycles. The molecule has 0 aliphatic rings. The molecule has 1 aromatic heterocycles. The van der Waals surface area contributed by atoms with Gasteiger partial charge >= 0.3 is 0 Å². The number of nitrogens with zero attached hydrogens (tertiary/aromatic N) is 3. The highest BCUT2D eigenvalue weighted by atomic mass is 16.1. The zero-order valence-electron chi connectivity index (χ0n) is 8.82. The maximum absolute atomic E-state index is 11.7. The van der Waals surface area contributed by atoms with Crippen LogP contribution in [0.2, 0.25) is 0 Å². The second-order valence-electron chi connectivity index (χ2n) is 3.67. The molecule has 5 heteroatoms. The van der Waals surface area contributed by atoms with E-state index in [4.69, 9.17) is 5.73 Å². The average Bonchev–Trinajstić information content (AvgIpc) is 2.52. The Morgan fingerprint density at radius 2 is 2.36 bits per heavy atom. The van der Waals surface area contributed by atoms with Crippen molar-refractivity contribution in [1.29, 1.82) is 0 Å². The van der Waals surface area contributed by atoms with E-state index < -0.39 is 5.54 Å². The normalized spacial score (nSPS) is 15.1. The van der Waals surface area contributed by atoms with Crippen LogP contribution >= 0.6 is 0 Å². The van der Waals surface area contributed by atoms with Gasteiger partial charge in [0.15, 0.2) is 5.78 Å². The molecule has 1 heterocycles. The number of hydrogen-bond acceptors (Lipinski definition) is 4. The minimum atomic E-state index is -0.758. The van der Waals surface area contributed by atoms with Crippen molar-refractivity contribution in [2.45, 2.75) is 32.2 Å². The average molecular weight is 196 g/mol. The summed E-state index contributed by atoms with van der Waals surface area (Å²) in [5, 5.41) is 3.89. The number of carbonyl (C=O) groups is 1. The monoisotopic (exact) mass is 196 g/mol. The summed E-state index contributed by atoms with van der Waals surface area (Å²) in [6.07, 6.45) is 2.31. The molecule has 0 aliphatic carbocycles. The topological polar surface area (TPSA) is 73.8 Å². The van der Waals surface area contributed by atoms with Crippen LogP contribution in [0.25, 0.3) is 0 Å². The molecule has 0 fully saturated rings. The van der Waals surface area contributed by atoms with Crippen LogP contribution in [-0.4, -0.2) is 26.1 Å². The van der Waals surface area contributed by atoms with Gasteiger partial charge in [0.2, 0.25) is 0 Å². The van der Waals surface area contributed by atoms with Gasteiger partial charge in [-0.2, -0.15) is 5.10 Å². The maximum Gasteiger partial charge on any atom is 0.159 e. The summed E-state index contributed by atoms with van der Waals surface area (Å²) >= 11 is 0. The van der Waals surface area contributed by atoms with Crippen molar-refractivity contribution in [3.8, 4) is 0 Å². The number of Topliss-reactive ketones (excluding diaryl/α,β-unsaturated/α-hetero) is 1. The van der Waals surface area contributed by atoms with Crippen LogP contribution in [0.1, 0.15) is 26.1 Å². The molecular weight excluding hydrogens is 180 g/mol. The van der Waals surface area contributed by atoms with E-state index in [-0.39, 0.29) is 12.2 Å². The van der Waals surface area contributed by atoms with E-state index in [0.29, 0.717) is 12.2 Å². The van der Waals surface area contributed by atoms with Gasteiger partial charge in [-0.05, 0) is 13.3 Å². The fourth-order valence-corrected chi connectivity index (χ4v) is 1.02. The van der Waals surface area contributed by atoms with Gasteiger partial charge in [0.05, 0.1) is 12.0 Å². The lowest BCUT2D eigenvalue weighted by atomic mass is 9.92. The molecule has 2 N–H and O–H groups in total. The first kappa shape index (κ1) is 10.8. The van der Waals surface area contributed by atoms with Crippen molar-refractivity contribution in [3.05, 3.63) is 12.2 Å². The third-order valence-corrected chi connectivity index (χ3v) is 2.50. The Hall–Kier alpha value is -1.23. The lowest BCUT2D eigenvalue weighted by molar-refractivity contribution is -0.123. The zero-order chi connectivity index (χ0) is 10.8. The summed E-state index contributed by atoms with van der Waals surface area (Å²) in [6.45, 7) is 3.64. The number of aryl methyl sites for hydroxylation is 1. The Morgan fingerprint density at radius 1 is 1.71 bits per heavy atom. The predicted molar refractivity (Wildman–Crippen MR) is 52.6 cm³/mol. The smallest absolute Gasteiger partial charge is 0.159 e. The van der Waals surface area contributed by atoms with E-state index in [1.165, 1.54) is 6.33 Å². The number of hydrogen-bond donors (Lipinski definition) is 1. The summed E-state index contributed by atoms with van der Waals surface area (Å²) < 4.78 is 1.59. The Morgan fingerprint density at radius 3 is 2.79 bits per heavy atom. The van der Waals surface area contributed by atoms with Crippen LogP contribution in [0.4, 0.5) is 0 Å². The number of rotatable bonds is 4. The van der Waals surface area contributed by atoms with Crippen LogP contribution in [0, 0.1) is 0 Å². The van der Waals surface area contributed by atoms with Crippen LogP contribution in [0.15, 0.2) is 6.33 Å². The minimum absolute atomic E-state index is 0.00361. The second-order valence-corrected chi connectivity index (χ2v) is 3.67. The summed E-state index contributed by atoms with van der Waals surface area (Å²) in [7, 11) is 1.76. The first-order valence-corrected chi connectivity index (χ1v) is 4.62. The first-order valence-electron chi connectivity index (χ1n) is 4.62. The number of ketones is 1. The Labute approximate surface area is 83.3 Å². The summed E-state index contributed by atoms with van der Waals surface area (Å²) in [5.41, 5.74) is 5.06. The highest BCUT2D eigenvalue weighted by Gasteiger charge is 2.26. The van der Waals surface area contributed by atoms with Crippen molar-refractivity contribution in [3.63, 3.8) is 0 Å². The molecule has 1 aromatic rings. The van der Waals surface area contributed by atoms with Crippen molar-refractivity contribution >= 4 is 5.78 Å². The fourth-order valence-electron chi connectivity index (χ4n) is 1.02. The number of nitrogens with two attached hydrogens (primary N) is 1. The van der Waals surface area contributed by atoms with Gasteiger partial charge < -0.3 is 5.73 Å². The van der Waals surface area contributed by atoms with Gasteiger partial charge in [-0.1, -0.05) is 6.92 Å². The highest BCUT2D eigenvalue weighted by molar-refractivity contribution is 5.88. The SMILES string of the molecule is CCC(C)(N)C(=O)Cc1ncnn1C. The minimum Gasteiger partial charge on any atom is -0.319 e. The molecule has 1 atom stereocenters. The summed E-state index contributed by atoms with van der Waals surface area (Å²) in [6, 6.07) is 0. The molecule has 14 heavy (non-hydrogen) atoms. The molecule has 0 saturated heterocycles. The molecule has 78 valence electrons. The standard InChI is InChI=1S/C9H16N4O/c1-4-9(2,10)7(14)5-8-11-6-12-13(8)3/h6H,4-5,10H2,1-3H3. The van der Waals surface area contributed by atoms with Gasteiger partial charge in [0.1, 0.15) is 12.2 Å². The second kappa shape index (κ2) is 3.88. The van der Waals surface area contributed by atoms with E-state index in [0.717, 1.165) is 0 Å². The lowest BCUT2D eigenvalue weighted by Crippen LogP contribution is -2.45. The fraction of sp³-hybridized carbons (Fsp3) is 0.667. The quantitative estimate of drug-likeness (QED) is 0.738. The molecule has 5 nitrogen and oxygen atoms in total. The van der Waals surface area contributed by atoms with Crippen LogP contribution in [-0.2, 0) is 18.3 Å². The van der Waals surface area contributed by atoms with Crippen LogP contribution in [0.5, 0.6) is 0 Å². The molecule has 0 bridgehead atoms. The molecule has 1 unspecified atom stereocenters. The van der Waals surface area contributed by atoms with Gasteiger partial charge in [-0.15, -0.1) is 0 Å². The summed E-state index contributed by atoms with van der Waals surface area (Å²) in [4.78, 5) is 15.7. The van der Waals surface area contributed by atoms with Gasteiger partial charge in [-0.3, -0.25) is 9.48 Å². The number of carbonyl (C=O) groups excluding carboxylic acids is 1. The Kier molecular flexibility index (Phi) is 3.00. The molecule has 0 aliphatic heterocycles. The van der Waals surface area contributed by atoms with Crippen molar-refractivity contribution in [2.75, 3.05) is 0 Å². The largest absolute Gasteiger partial charge is 0.319 e. The molecule has 0 radical (unpaired) electrons. The van der Waals surface area contributed by atoms with E-state index in [2.05, 4.69) is 10.1 Å². The molecule has 0 amide bonds. The number of aromatic nitrogens is 3. The molecular formula is C9H16N4O. The van der Waals surface area contributed by atoms with E-state index >= 15 is 0 Å². The van der Waals surface area contributed by atoms with Crippen molar-refractivity contribution in [2.24, 2.45) is 12.8 Å². The molecule has 1 rings (SSSR count). The van der Waals surface area contributed by atoms with Crippen molar-refractivity contribution < 1.29 is 4.79 Å². The third kappa shape index (κ3) is 2.17. The molecule has 0 aromatic carbocycles. The first-order chi connectivity index (χ1) is 6.47. The van der Waals surface area contributed by atoms with E-state index in [1.54, 1.807) is 18.7 Å². The van der Waals surface area contributed by atoms with Gasteiger partial charge in [0.25, 0.3) is 0 Å².